The van der Waals surface area contributed by atoms with E-state index in [1.54, 1.807) is 0 Å². The predicted octanol–water partition coefficient (Wildman–Crippen LogP) is 0.704. The van der Waals surface area contributed by atoms with E-state index < -0.39 is 5.60 Å². The van der Waals surface area contributed by atoms with Crippen LogP contribution in [0, 0.1) is 0 Å². The molecule has 0 fully saturated rings. The molecule has 4 heteroatoms. The number of aliphatic hydroxyl groups is 1. The second-order valence-corrected chi connectivity index (χ2v) is 5.87. The van der Waals surface area contributed by atoms with Gasteiger partial charge in [0.15, 0.2) is 0 Å². The van der Waals surface area contributed by atoms with Gasteiger partial charge in [-0.1, -0.05) is 0 Å². The first-order valence-electron chi connectivity index (χ1n) is 5.84. The van der Waals surface area contributed by atoms with E-state index in [1.807, 2.05) is 46.7 Å². The number of hydrogen-bond acceptors (Lipinski definition) is 4. The van der Waals surface area contributed by atoms with Crippen molar-refractivity contribution < 1.29 is 9.84 Å². The summed E-state index contributed by atoms with van der Waals surface area (Å²) in [6.45, 7) is 10.6. The average molecular weight is 232 g/mol. The van der Waals surface area contributed by atoms with Crippen LogP contribution in [0.4, 0.5) is 0 Å². The molecule has 0 saturated heterocycles. The van der Waals surface area contributed by atoms with E-state index in [-0.39, 0.29) is 5.60 Å². The molecule has 16 heavy (non-hydrogen) atoms. The van der Waals surface area contributed by atoms with E-state index >= 15 is 0 Å². The molecule has 4 nitrogen and oxygen atoms in total. The van der Waals surface area contributed by atoms with E-state index in [0.717, 1.165) is 6.54 Å². The van der Waals surface area contributed by atoms with Gasteiger partial charge in [-0.3, -0.25) is 0 Å². The van der Waals surface area contributed by atoms with Gasteiger partial charge in [0, 0.05) is 19.6 Å². The highest BCUT2D eigenvalue weighted by molar-refractivity contribution is 4.77. The Morgan fingerprint density at radius 2 is 1.75 bits per heavy atom. The highest BCUT2D eigenvalue weighted by Crippen LogP contribution is 2.05. The van der Waals surface area contributed by atoms with Gasteiger partial charge < -0.3 is 20.1 Å². The second-order valence-electron chi connectivity index (χ2n) is 5.87. The predicted molar refractivity (Wildman–Crippen MR) is 67.8 cm³/mol. The van der Waals surface area contributed by atoms with Gasteiger partial charge in [-0.15, -0.1) is 0 Å². The van der Waals surface area contributed by atoms with Gasteiger partial charge in [0.1, 0.15) is 0 Å². The fraction of sp³-hybridized carbons (Fsp3) is 1.00. The smallest absolute Gasteiger partial charge is 0.0869 e. The molecule has 0 aromatic heterocycles. The quantitative estimate of drug-likeness (QED) is 0.634. The molecule has 0 aliphatic rings. The second kappa shape index (κ2) is 6.55. The highest BCUT2D eigenvalue weighted by atomic mass is 16.5. The van der Waals surface area contributed by atoms with Crippen molar-refractivity contribution in [3.05, 3.63) is 0 Å². The fourth-order valence-corrected chi connectivity index (χ4v) is 1.52. The van der Waals surface area contributed by atoms with E-state index in [9.17, 15) is 5.11 Å². The molecule has 0 radical (unpaired) electrons. The maximum Gasteiger partial charge on any atom is 0.0869 e. The van der Waals surface area contributed by atoms with Crippen molar-refractivity contribution in [1.29, 1.82) is 0 Å². The van der Waals surface area contributed by atoms with Gasteiger partial charge in [0.25, 0.3) is 0 Å². The summed E-state index contributed by atoms with van der Waals surface area (Å²) in [7, 11) is 3.91. The Balaban J connectivity index is 3.58. The maximum atomic E-state index is 10.00. The molecule has 0 heterocycles. The number of rotatable bonds is 7. The molecule has 1 atom stereocenters. The van der Waals surface area contributed by atoms with Crippen molar-refractivity contribution in [3.8, 4) is 0 Å². The number of hydrogen-bond donors (Lipinski definition) is 2. The van der Waals surface area contributed by atoms with Crippen LogP contribution in [0.15, 0.2) is 0 Å². The minimum absolute atomic E-state index is 0.0895. The minimum Gasteiger partial charge on any atom is -0.388 e. The van der Waals surface area contributed by atoms with Crippen LogP contribution >= 0.6 is 0 Å². The van der Waals surface area contributed by atoms with E-state index in [2.05, 4.69) is 5.32 Å². The molecular weight excluding hydrogens is 204 g/mol. The molecule has 0 aliphatic carbocycles. The summed E-state index contributed by atoms with van der Waals surface area (Å²) in [5.41, 5.74) is -0.779. The molecule has 0 amide bonds. The third-order valence-corrected chi connectivity index (χ3v) is 1.98. The van der Waals surface area contributed by atoms with Crippen LogP contribution in [0.25, 0.3) is 0 Å². The summed E-state index contributed by atoms with van der Waals surface area (Å²) in [6.07, 6.45) is 0. The van der Waals surface area contributed by atoms with Crippen LogP contribution in [0.2, 0.25) is 0 Å². The summed E-state index contributed by atoms with van der Waals surface area (Å²) < 4.78 is 5.57. The van der Waals surface area contributed by atoms with Crippen molar-refractivity contribution >= 4 is 0 Å². The van der Waals surface area contributed by atoms with Gasteiger partial charge >= 0.3 is 0 Å². The average Bonchev–Trinajstić information content (AvgIpc) is 1.98. The van der Waals surface area contributed by atoms with Crippen LogP contribution in [0.5, 0.6) is 0 Å². The summed E-state index contributed by atoms with van der Waals surface area (Å²) >= 11 is 0. The first-order valence-corrected chi connectivity index (χ1v) is 5.84. The summed E-state index contributed by atoms with van der Waals surface area (Å²) in [4.78, 5) is 1.98. The first-order chi connectivity index (χ1) is 7.12. The van der Waals surface area contributed by atoms with Crippen LogP contribution in [-0.2, 0) is 4.74 Å². The molecule has 0 bridgehead atoms. The molecular formula is C12H28N2O2. The number of likely N-dealkylation sites (N-methyl/N-ethyl adjacent to an activating group) is 1. The lowest BCUT2D eigenvalue weighted by Gasteiger charge is -2.27. The Bertz CT molecular complexity index is 186. The lowest BCUT2D eigenvalue weighted by molar-refractivity contribution is -0.00559. The van der Waals surface area contributed by atoms with Crippen molar-refractivity contribution in [1.82, 2.24) is 10.2 Å². The van der Waals surface area contributed by atoms with Crippen molar-refractivity contribution in [2.75, 3.05) is 40.3 Å². The lowest BCUT2D eigenvalue weighted by Crippen LogP contribution is -2.46. The number of nitrogens with one attached hydrogen (secondary N) is 1. The summed E-state index contributed by atoms with van der Waals surface area (Å²) in [5.74, 6) is 0. The molecule has 98 valence electrons. The Morgan fingerprint density at radius 3 is 2.19 bits per heavy atom. The highest BCUT2D eigenvalue weighted by Gasteiger charge is 2.20. The van der Waals surface area contributed by atoms with Crippen LogP contribution in [0.1, 0.15) is 27.7 Å². The van der Waals surface area contributed by atoms with Gasteiger partial charge in [0.2, 0.25) is 0 Å². The first kappa shape index (κ1) is 15.8. The number of nitrogens with zero attached hydrogens (tertiary/aromatic N) is 1. The van der Waals surface area contributed by atoms with Crippen LogP contribution in [0.3, 0.4) is 0 Å². The summed E-state index contributed by atoms with van der Waals surface area (Å²) in [5, 5.41) is 13.2. The molecule has 0 saturated carbocycles. The SMILES string of the molecule is CN(C)CC(C)(O)CNCCOC(C)(C)C. The van der Waals surface area contributed by atoms with E-state index in [0.29, 0.717) is 19.7 Å². The molecule has 0 spiro atoms. The summed E-state index contributed by atoms with van der Waals surface area (Å²) in [6, 6.07) is 0. The third kappa shape index (κ3) is 10.4. The van der Waals surface area contributed by atoms with Crippen molar-refractivity contribution in [2.45, 2.75) is 38.9 Å². The molecule has 0 aromatic carbocycles. The van der Waals surface area contributed by atoms with E-state index in [1.165, 1.54) is 0 Å². The monoisotopic (exact) mass is 232 g/mol. The maximum absolute atomic E-state index is 10.00. The van der Waals surface area contributed by atoms with Crippen LogP contribution in [-0.4, -0.2) is 61.5 Å². The lowest BCUT2D eigenvalue weighted by atomic mass is 10.1. The molecule has 0 aromatic rings. The third-order valence-electron chi connectivity index (χ3n) is 1.98. The molecule has 0 rings (SSSR count). The Labute approximate surface area is 100.0 Å². The molecule has 2 N–H and O–H groups in total. The normalized spacial score (nSPS) is 16.5. The Hall–Kier alpha value is -0.160. The Kier molecular flexibility index (Phi) is 6.48. The topological polar surface area (TPSA) is 44.7 Å². The molecule has 0 aliphatic heterocycles. The van der Waals surface area contributed by atoms with Crippen molar-refractivity contribution in [3.63, 3.8) is 0 Å². The van der Waals surface area contributed by atoms with Gasteiger partial charge in [-0.2, -0.15) is 0 Å². The number of ether oxygens (including phenoxy) is 1. The minimum atomic E-state index is -0.689. The van der Waals surface area contributed by atoms with Gasteiger partial charge in [-0.25, -0.2) is 0 Å². The Morgan fingerprint density at radius 1 is 1.19 bits per heavy atom. The zero-order valence-corrected chi connectivity index (χ0v) is 11.6. The standard InChI is InChI=1S/C12H28N2O2/c1-11(2,3)16-8-7-13-9-12(4,15)10-14(5)6/h13,15H,7-10H2,1-6H3. The van der Waals surface area contributed by atoms with Gasteiger partial charge in [0.05, 0.1) is 17.8 Å². The fourth-order valence-electron chi connectivity index (χ4n) is 1.52. The van der Waals surface area contributed by atoms with Gasteiger partial charge in [-0.05, 0) is 41.8 Å². The zero-order valence-electron chi connectivity index (χ0n) is 11.6. The van der Waals surface area contributed by atoms with E-state index in [4.69, 9.17) is 4.74 Å². The van der Waals surface area contributed by atoms with Crippen LogP contribution < -0.4 is 5.32 Å². The van der Waals surface area contributed by atoms with Crippen molar-refractivity contribution in [2.24, 2.45) is 0 Å². The molecule has 1 unspecified atom stereocenters. The zero-order chi connectivity index (χ0) is 12.8. The largest absolute Gasteiger partial charge is 0.388 e.